The first-order chi connectivity index (χ1) is 13.5. The van der Waals surface area contributed by atoms with Crippen molar-refractivity contribution in [2.75, 3.05) is 7.11 Å². The van der Waals surface area contributed by atoms with Gasteiger partial charge in [0, 0.05) is 10.9 Å². The molecule has 0 aliphatic rings. The maximum absolute atomic E-state index is 13.0. The summed E-state index contributed by atoms with van der Waals surface area (Å²) >= 11 is 6.10. The Morgan fingerprint density at radius 2 is 1.48 bits per heavy atom. The number of fused-ring (bicyclic) bond motifs is 1. The zero-order valence-electron chi connectivity index (χ0n) is 14.7. The van der Waals surface area contributed by atoms with E-state index in [1.54, 1.807) is 24.3 Å². The van der Waals surface area contributed by atoms with Gasteiger partial charge in [0.1, 0.15) is 10.9 Å². The fourth-order valence-corrected chi connectivity index (χ4v) is 2.86. The van der Waals surface area contributed by atoms with Crippen molar-refractivity contribution in [1.82, 2.24) is 4.98 Å². The van der Waals surface area contributed by atoms with Crippen molar-refractivity contribution >= 4 is 34.7 Å². The van der Waals surface area contributed by atoms with Crippen LogP contribution >= 0.6 is 11.6 Å². The third kappa shape index (κ3) is 4.82. The predicted molar refractivity (Wildman–Crippen MR) is 98.7 cm³/mol. The van der Waals surface area contributed by atoms with Crippen molar-refractivity contribution in [1.29, 1.82) is 0 Å². The summed E-state index contributed by atoms with van der Waals surface area (Å²) in [5.74, 6) is 0.559. The van der Waals surface area contributed by atoms with Crippen LogP contribution in [0.5, 0.6) is 5.75 Å². The van der Waals surface area contributed by atoms with Crippen molar-refractivity contribution < 1.29 is 31.1 Å². The summed E-state index contributed by atoms with van der Waals surface area (Å²) in [7, 11) is 1.48. The monoisotopic (exact) mass is 431 g/mol. The molecule has 0 bridgehead atoms. The smallest absolute Gasteiger partial charge is 0.416 e. The van der Waals surface area contributed by atoms with E-state index in [0.717, 1.165) is 6.08 Å². The first-order valence-corrected chi connectivity index (χ1v) is 8.47. The molecule has 0 aliphatic heterocycles. The quantitative estimate of drug-likeness (QED) is 0.326. The number of hydrogen-bond donors (Lipinski definition) is 0. The van der Waals surface area contributed by atoms with E-state index < -0.39 is 23.5 Å². The second-order valence-corrected chi connectivity index (χ2v) is 6.46. The molecule has 2 nitrogen and oxygen atoms in total. The van der Waals surface area contributed by atoms with E-state index in [4.69, 9.17) is 16.3 Å². The van der Waals surface area contributed by atoms with Crippen LogP contribution < -0.4 is 4.74 Å². The maximum atomic E-state index is 13.0. The number of halogens is 7. The van der Waals surface area contributed by atoms with Crippen molar-refractivity contribution in [2.45, 2.75) is 12.4 Å². The second kappa shape index (κ2) is 7.59. The van der Waals surface area contributed by atoms with E-state index in [1.165, 1.54) is 13.2 Å². The zero-order chi connectivity index (χ0) is 21.4. The highest BCUT2D eigenvalue weighted by Crippen LogP contribution is 2.37. The molecule has 0 fully saturated rings. The molecule has 152 valence electrons. The molecule has 0 radical (unpaired) electrons. The van der Waals surface area contributed by atoms with Crippen LogP contribution in [0.2, 0.25) is 5.15 Å². The minimum Gasteiger partial charge on any atom is -0.497 e. The van der Waals surface area contributed by atoms with Crippen LogP contribution in [0.25, 0.3) is 23.1 Å². The summed E-state index contributed by atoms with van der Waals surface area (Å²) in [6.45, 7) is 0. The van der Waals surface area contributed by atoms with Gasteiger partial charge in [0.15, 0.2) is 0 Å². The van der Waals surface area contributed by atoms with Crippen LogP contribution in [-0.2, 0) is 12.4 Å². The molecule has 9 heteroatoms. The Hall–Kier alpha value is -2.74. The van der Waals surface area contributed by atoms with Gasteiger partial charge in [-0.1, -0.05) is 23.8 Å². The lowest BCUT2D eigenvalue weighted by Gasteiger charge is -2.13. The van der Waals surface area contributed by atoms with Gasteiger partial charge in [-0.2, -0.15) is 26.3 Å². The van der Waals surface area contributed by atoms with Crippen LogP contribution in [-0.4, -0.2) is 12.1 Å². The molecule has 3 rings (SSSR count). The highest BCUT2D eigenvalue weighted by Gasteiger charge is 2.36. The summed E-state index contributed by atoms with van der Waals surface area (Å²) in [5.41, 5.74) is -2.15. The van der Waals surface area contributed by atoms with Gasteiger partial charge in [0.2, 0.25) is 0 Å². The molecule has 0 saturated carbocycles. The van der Waals surface area contributed by atoms with Crippen molar-refractivity contribution in [3.63, 3.8) is 0 Å². The molecule has 0 saturated heterocycles. The molecule has 0 spiro atoms. The van der Waals surface area contributed by atoms with E-state index in [0.29, 0.717) is 34.3 Å². The standard InChI is InChI=1S/C20H12ClF6NO/c1-29-16-4-5-17-13(9-16)8-12(18(21)28-17)3-2-11-6-14(19(22,23)24)10-15(7-11)20(25,26)27/h2-10H,1H3/b3-2-. The number of rotatable bonds is 3. The third-order valence-corrected chi connectivity index (χ3v) is 4.37. The molecule has 2 aromatic carbocycles. The fraction of sp³-hybridized carbons (Fsp3) is 0.150. The van der Waals surface area contributed by atoms with Gasteiger partial charge in [-0.15, -0.1) is 0 Å². The summed E-state index contributed by atoms with van der Waals surface area (Å²) in [4.78, 5) is 4.18. The maximum Gasteiger partial charge on any atom is 0.416 e. The van der Waals surface area contributed by atoms with E-state index in [2.05, 4.69) is 4.98 Å². The van der Waals surface area contributed by atoms with E-state index in [9.17, 15) is 26.3 Å². The molecule has 1 heterocycles. The minimum absolute atomic E-state index is 0.0573. The number of ether oxygens (including phenoxy) is 1. The average molecular weight is 432 g/mol. The van der Waals surface area contributed by atoms with Gasteiger partial charge in [-0.05, 0) is 48.0 Å². The van der Waals surface area contributed by atoms with Crippen molar-refractivity contribution in [3.8, 4) is 5.75 Å². The summed E-state index contributed by atoms with van der Waals surface area (Å²) in [5, 5.41) is 0.704. The number of alkyl halides is 6. The first-order valence-electron chi connectivity index (χ1n) is 8.09. The SMILES string of the molecule is COc1ccc2nc(Cl)c(/C=C\c3cc(C(F)(F)F)cc(C(F)(F)F)c3)cc2c1. The first kappa shape index (κ1) is 21.0. The lowest BCUT2D eigenvalue weighted by molar-refractivity contribution is -0.143. The number of methoxy groups -OCH3 is 1. The lowest BCUT2D eigenvalue weighted by atomic mass is 10.0. The molecular weight excluding hydrogens is 420 g/mol. The molecule has 0 unspecified atom stereocenters. The van der Waals surface area contributed by atoms with Crippen LogP contribution in [0, 0.1) is 0 Å². The summed E-state index contributed by atoms with van der Waals surface area (Å²) < 4.78 is 83.0. The fourth-order valence-electron chi connectivity index (χ4n) is 2.65. The van der Waals surface area contributed by atoms with Crippen LogP contribution in [0.15, 0.2) is 42.5 Å². The zero-order valence-corrected chi connectivity index (χ0v) is 15.5. The molecule has 0 amide bonds. The van der Waals surface area contributed by atoms with E-state index in [-0.39, 0.29) is 16.8 Å². The molecule has 0 N–H and O–H groups in total. The molecule has 0 atom stereocenters. The van der Waals surface area contributed by atoms with Gasteiger partial charge in [-0.3, -0.25) is 0 Å². The summed E-state index contributed by atoms with van der Waals surface area (Å²) in [6.07, 6.45) is -7.39. The molecule has 1 aromatic heterocycles. The van der Waals surface area contributed by atoms with Gasteiger partial charge >= 0.3 is 12.4 Å². The van der Waals surface area contributed by atoms with E-state index in [1.807, 2.05) is 0 Å². The number of hydrogen-bond acceptors (Lipinski definition) is 2. The molecular formula is C20H12ClF6NO. The predicted octanol–water partition coefficient (Wildman–Crippen LogP) is 7.10. The van der Waals surface area contributed by atoms with E-state index >= 15 is 0 Å². The average Bonchev–Trinajstić information content (AvgIpc) is 2.64. The Balaban J connectivity index is 2.06. The van der Waals surface area contributed by atoms with Crippen LogP contribution in [0.4, 0.5) is 26.3 Å². The second-order valence-electron chi connectivity index (χ2n) is 6.10. The van der Waals surface area contributed by atoms with Crippen LogP contribution in [0.3, 0.4) is 0 Å². The number of aromatic nitrogens is 1. The highest BCUT2D eigenvalue weighted by molar-refractivity contribution is 6.31. The Labute approximate surface area is 166 Å². The minimum atomic E-state index is -4.91. The Bertz CT molecular complexity index is 1060. The number of pyridine rings is 1. The topological polar surface area (TPSA) is 22.1 Å². The van der Waals surface area contributed by atoms with Gasteiger partial charge in [0.25, 0.3) is 0 Å². The van der Waals surface area contributed by atoms with Crippen molar-refractivity contribution in [2.24, 2.45) is 0 Å². The number of benzene rings is 2. The van der Waals surface area contributed by atoms with Gasteiger partial charge < -0.3 is 4.74 Å². The van der Waals surface area contributed by atoms with Gasteiger partial charge in [0.05, 0.1) is 23.8 Å². The summed E-state index contributed by atoms with van der Waals surface area (Å²) in [6, 6.07) is 8.00. The Morgan fingerprint density at radius 1 is 0.862 bits per heavy atom. The number of nitrogens with zero attached hydrogens (tertiary/aromatic N) is 1. The van der Waals surface area contributed by atoms with Gasteiger partial charge in [-0.25, -0.2) is 4.98 Å². The third-order valence-electron chi connectivity index (χ3n) is 4.07. The molecule has 0 aliphatic carbocycles. The highest BCUT2D eigenvalue weighted by atomic mass is 35.5. The van der Waals surface area contributed by atoms with Crippen molar-refractivity contribution in [3.05, 3.63) is 69.9 Å². The molecule has 29 heavy (non-hydrogen) atoms. The largest absolute Gasteiger partial charge is 0.497 e. The lowest BCUT2D eigenvalue weighted by Crippen LogP contribution is -2.11. The molecule has 3 aromatic rings. The Morgan fingerprint density at radius 3 is 2.03 bits per heavy atom. The normalized spacial score (nSPS) is 12.7. The van der Waals surface area contributed by atoms with Crippen LogP contribution in [0.1, 0.15) is 22.3 Å². The Kier molecular flexibility index (Phi) is 5.49.